The van der Waals surface area contributed by atoms with Gasteiger partial charge in [-0.3, -0.25) is 4.79 Å². The molecule has 0 saturated heterocycles. The van der Waals surface area contributed by atoms with E-state index in [0.29, 0.717) is 12.0 Å². The molecule has 0 radical (unpaired) electrons. The minimum absolute atomic E-state index is 0.0143. The Morgan fingerprint density at radius 3 is 2.47 bits per heavy atom. The first kappa shape index (κ1) is 11.9. The summed E-state index contributed by atoms with van der Waals surface area (Å²) in [7, 11) is 0. The summed E-state index contributed by atoms with van der Waals surface area (Å²) in [6.45, 7) is 4.35. The third kappa shape index (κ3) is 3.74. The Bertz CT molecular complexity index is 413. The quantitative estimate of drug-likeness (QED) is 0.790. The predicted molar refractivity (Wildman–Crippen MR) is 70.7 cm³/mol. The Labute approximate surface area is 103 Å². The number of nitrogens with one attached hydrogen (secondary N) is 1. The molecule has 1 aliphatic rings. The fraction of sp³-hybridized carbons (Fsp3) is 0.400. The van der Waals surface area contributed by atoms with Crippen molar-refractivity contribution in [3.05, 3.63) is 41.5 Å². The number of amides is 1. The molecule has 2 rings (SSSR count). The largest absolute Gasteiger partial charge is 0.350 e. The van der Waals surface area contributed by atoms with Gasteiger partial charge in [0.1, 0.15) is 0 Å². The van der Waals surface area contributed by atoms with Crippen LogP contribution < -0.4 is 5.32 Å². The molecule has 0 unspecified atom stereocenters. The van der Waals surface area contributed by atoms with E-state index in [9.17, 15) is 4.79 Å². The molecule has 90 valence electrons. The van der Waals surface area contributed by atoms with Crippen LogP contribution in [0.25, 0.3) is 6.08 Å². The zero-order valence-electron chi connectivity index (χ0n) is 10.4. The molecule has 1 aromatic rings. The number of carbonyl (C=O) groups is 1. The number of hydrogen-bond donors (Lipinski definition) is 1. The molecule has 0 atom stereocenters. The topological polar surface area (TPSA) is 29.1 Å². The molecule has 1 fully saturated rings. The van der Waals surface area contributed by atoms with Crippen molar-refractivity contribution in [1.82, 2.24) is 5.32 Å². The molecular formula is C15H19NO. The average Bonchev–Trinajstić information content (AvgIpc) is 3.11. The lowest BCUT2D eigenvalue weighted by Crippen LogP contribution is -2.22. The molecule has 0 spiro atoms. The van der Waals surface area contributed by atoms with Gasteiger partial charge < -0.3 is 5.32 Å². The van der Waals surface area contributed by atoms with Crippen molar-refractivity contribution in [2.75, 3.05) is 0 Å². The predicted octanol–water partition coefficient (Wildman–Crippen LogP) is 3.10. The Balaban J connectivity index is 1.92. The van der Waals surface area contributed by atoms with Crippen molar-refractivity contribution >= 4 is 12.0 Å². The molecule has 2 nitrogen and oxygen atoms in total. The summed E-state index contributed by atoms with van der Waals surface area (Å²) >= 11 is 0. The maximum Gasteiger partial charge on any atom is 0.244 e. The van der Waals surface area contributed by atoms with E-state index >= 15 is 0 Å². The Morgan fingerprint density at radius 1 is 1.29 bits per heavy atom. The van der Waals surface area contributed by atoms with Crippen molar-refractivity contribution in [2.24, 2.45) is 0 Å². The van der Waals surface area contributed by atoms with E-state index < -0.39 is 0 Å². The van der Waals surface area contributed by atoms with Gasteiger partial charge in [-0.2, -0.15) is 0 Å². The minimum Gasteiger partial charge on any atom is -0.350 e. The lowest BCUT2D eigenvalue weighted by atomic mass is 10.0. The molecule has 0 aromatic heterocycles. The molecule has 1 amide bonds. The van der Waals surface area contributed by atoms with Gasteiger partial charge in [-0.15, -0.1) is 0 Å². The molecular weight excluding hydrogens is 210 g/mol. The van der Waals surface area contributed by atoms with Crippen LogP contribution in [0.15, 0.2) is 30.3 Å². The van der Waals surface area contributed by atoms with Crippen molar-refractivity contribution in [2.45, 2.75) is 38.6 Å². The van der Waals surface area contributed by atoms with Crippen LogP contribution >= 0.6 is 0 Å². The summed E-state index contributed by atoms with van der Waals surface area (Å²) in [6.07, 6.45) is 5.73. The SMILES string of the molecule is CC(C)c1ccc(/C=C\C(=O)NC2CC2)cc1. The highest BCUT2D eigenvalue weighted by Crippen LogP contribution is 2.18. The van der Waals surface area contributed by atoms with Crippen LogP contribution in [0, 0.1) is 0 Å². The zero-order chi connectivity index (χ0) is 12.3. The van der Waals surface area contributed by atoms with E-state index in [1.54, 1.807) is 6.08 Å². The third-order valence-electron chi connectivity index (χ3n) is 2.95. The monoisotopic (exact) mass is 229 g/mol. The third-order valence-corrected chi connectivity index (χ3v) is 2.95. The first-order valence-corrected chi connectivity index (χ1v) is 6.23. The van der Waals surface area contributed by atoms with Crippen molar-refractivity contribution < 1.29 is 4.79 Å². The van der Waals surface area contributed by atoms with Crippen LogP contribution in [0.4, 0.5) is 0 Å². The smallest absolute Gasteiger partial charge is 0.244 e. The van der Waals surface area contributed by atoms with Gasteiger partial charge in [0.25, 0.3) is 0 Å². The fourth-order valence-electron chi connectivity index (χ4n) is 1.64. The summed E-state index contributed by atoms with van der Waals surface area (Å²) in [5.74, 6) is 0.562. The van der Waals surface area contributed by atoms with Crippen molar-refractivity contribution in [1.29, 1.82) is 0 Å². The highest BCUT2D eigenvalue weighted by molar-refractivity contribution is 5.92. The van der Waals surface area contributed by atoms with E-state index in [0.717, 1.165) is 18.4 Å². The molecule has 17 heavy (non-hydrogen) atoms. The minimum atomic E-state index is 0.0143. The Hall–Kier alpha value is -1.57. The highest BCUT2D eigenvalue weighted by atomic mass is 16.1. The summed E-state index contributed by atoms with van der Waals surface area (Å²) in [4.78, 5) is 11.4. The first-order valence-electron chi connectivity index (χ1n) is 6.23. The van der Waals surface area contributed by atoms with Gasteiger partial charge in [0.2, 0.25) is 5.91 Å². The van der Waals surface area contributed by atoms with Crippen LogP contribution in [-0.4, -0.2) is 11.9 Å². The lowest BCUT2D eigenvalue weighted by molar-refractivity contribution is -0.116. The Morgan fingerprint density at radius 2 is 1.94 bits per heavy atom. The second kappa shape index (κ2) is 5.17. The Kier molecular flexibility index (Phi) is 3.62. The van der Waals surface area contributed by atoms with E-state index in [4.69, 9.17) is 0 Å². The standard InChI is InChI=1S/C15H19NO/c1-11(2)13-6-3-12(4-7-13)5-10-15(17)16-14-8-9-14/h3-7,10-11,14H,8-9H2,1-2H3,(H,16,17)/b10-5-. The molecule has 1 saturated carbocycles. The van der Waals surface area contributed by atoms with E-state index in [-0.39, 0.29) is 5.91 Å². The summed E-state index contributed by atoms with van der Waals surface area (Å²) in [5, 5.41) is 2.93. The number of benzene rings is 1. The van der Waals surface area contributed by atoms with Crippen LogP contribution in [-0.2, 0) is 4.79 Å². The maximum atomic E-state index is 11.4. The van der Waals surface area contributed by atoms with Crippen LogP contribution in [0.3, 0.4) is 0 Å². The molecule has 2 heteroatoms. The molecule has 0 aliphatic heterocycles. The van der Waals surface area contributed by atoms with Crippen LogP contribution in [0.2, 0.25) is 0 Å². The second-order valence-corrected chi connectivity index (χ2v) is 4.94. The molecule has 1 aliphatic carbocycles. The molecule has 1 N–H and O–H groups in total. The summed E-state index contributed by atoms with van der Waals surface area (Å²) < 4.78 is 0. The first-order chi connectivity index (χ1) is 8.15. The van der Waals surface area contributed by atoms with Gasteiger partial charge in [-0.1, -0.05) is 38.1 Å². The van der Waals surface area contributed by atoms with E-state index in [1.807, 2.05) is 6.08 Å². The van der Waals surface area contributed by atoms with Gasteiger partial charge in [-0.05, 0) is 36.0 Å². The lowest BCUT2D eigenvalue weighted by Gasteiger charge is -2.04. The number of carbonyl (C=O) groups excluding carboxylic acids is 1. The normalized spacial score (nSPS) is 15.5. The van der Waals surface area contributed by atoms with Crippen LogP contribution in [0.1, 0.15) is 43.7 Å². The van der Waals surface area contributed by atoms with Gasteiger partial charge in [0.05, 0.1) is 0 Å². The number of hydrogen-bond acceptors (Lipinski definition) is 1. The van der Waals surface area contributed by atoms with Gasteiger partial charge in [0, 0.05) is 12.1 Å². The fourth-order valence-corrected chi connectivity index (χ4v) is 1.64. The average molecular weight is 229 g/mol. The highest BCUT2D eigenvalue weighted by Gasteiger charge is 2.21. The molecule has 1 aromatic carbocycles. The molecule has 0 heterocycles. The maximum absolute atomic E-state index is 11.4. The van der Waals surface area contributed by atoms with Gasteiger partial charge in [0.15, 0.2) is 0 Å². The second-order valence-electron chi connectivity index (χ2n) is 4.94. The number of rotatable bonds is 4. The van der Waals surface area contributed by atoms with Crippen LogP contribution in [0.5, 0.6) is 0 Å². The van der Waals surface area contributed by atoms with Crippen molar-refractivity contribution in [3.8, 4) is 0 Å². The van der Waals surface area contributed by atoms with E-state index in [1.165, 1.54) is 5.56 Å². The summed E-state index contributed by atoms with van der Waals surface area (Å²) in [5.41, 5.74) is 2.39. The van der Waals surface area contributed by atoms with Gasteiger partial charge in [-0.25, -0.2) is 0 Å². The molecule has 0 bridgehead atoms. The van der Waals surface area contributed by atoms with Gasteiger partial charge >= 0.3 is 0 Å². The zero-order valence-corrected chi connectivity index (χ0v) is 10.4. The van der Waals surface area contributed by atoms with E-state index in [2.05, 4.69) is 43.4 Å². The van der Waals surface area contributed by atoms with Crippen molar-refractivity contribution in [3.63, 3.8) is 0 Å². The summed E-state index contributed by atoms with van der Waals surface area (Å²) in [6, 6.07) is 8.76.